The second-order valence-electron chi connectivity index (χ2n) is 3.54. The van der Waals surface area contributed by atoms with Crippen LogP contribution >= 0.6 is 0 Å². The second kappa shape index (κ2) is 5.33. The number of nitrogens with zero attached hydrogens (tertiary/aromatic N) is 1. The van der Waals surface area contributed by atoms with Crippen LogP contribution < -0.4 is 5.32 Å². The van der Waals surface area contributed by atoms with Crippen LogP contribution in [0.25, 0.3) is 0 Å². The van der Waals surface area contributed by atoms with Gasteiger partial charge < -0.3 is 10.2 Å². The van der Waals surface area contributed by atoms with Gasteiger partial charge >= 0.3 is 0 Å². The van der Waals surface area contributed by atoms with Gasteiger partial charge in [-0.15, -0.1) is 6.58 Å². The van der Waals surface area contributed by atoms with Crippen molar-refractivity contribution >= 4 is 0 Å². The summed E-state index contributed by atoms with van der Waals surface area (Å²) >= 11 is 0. The van der Waals surface area contributed by atoms with Crippen LogP contribution in [-0.4, -0.2) is 37.6 Å². The first-order chi connectivity index (χ1) is 5.84. The van der Waals surface area contributed by atoms with Gasteiger partial charge in [-0.1, -0.05) is 6.08 Å². The monoisotopic (exact) mass is 168 g/mol. The van der Waals surface area contributed by atoms with Gasteiger partial charge in [0.1, 0.15) is 0 Å². The van der Waals surface area contributed by atoms with Crippen molar-refractivity contribution in [3.63, 3.8) is 0 Å². The van der Waals surface area contributed by atoms with Crippen molar-refractivity contribution in [3.05, 3.63) is 12.7 Å². The van der Waals surface area contributed by atoms with Crippen molar-refractivity contribution in [3.8, 4) is 0 Å². The highest BCUT2D eigenvalue weighted by Crippen LogP contribution is 2.09. The molecule has 0 unspecified atom stereocenters. The molecular weight excluding hydrogens is 148 g/mol. The van der Waals surface area contributed by atoms with Crippen LogP contribution in [0.1, 0.15) is 19.3 Å². The third-order valence-corrected chi connectivity index (χ3v) is 2.62. The Balaban J connectivity index is 2.19. The van der Waals surface area contributed by atoms with Crippen LogP contribution in [0.15, 0.2) is 12.7 Å². The topological polar surface area (TPSA) is 15.3 Å². The quantitative estimate of drug-likeness (QED) is 0.635. The van der Waals surface area contributed by atoms with Gasteiger partial charge in [-0.25, -0.2) is 0 Å². The molecule has 1 heterocycles. The van der Waals surface area contributed by atoms with Gasteiger partial charge in [-0.3, -0.25) is 0 Å². The number of rotatable bonds is 4. The van der Waals surface area contributed by atoms with Gasteiger partial charge in [0.2, 0.25) is 0 Å². The van der Waals surface area contributed by atoms with Crippen LogP contribution in [0.5, 0.6) is 0 Å². The van der Waals surface area contributed by atoms with E-state index in [9.17, 15) is 0 Å². The van der Waals surface area contributed by atoms with Crippen molar-refractivity contribution in [1.82, 2.24) is 10.2 Å². The van der Waals surface area contributed by atoms with Crippen LogP contribution in [0.2, 0.25) is 0 Å². The second-order valence-corrected chi connectivity index (χ2v) is 3.54. The zero-order valence-electron chi connectivity index (χ0n) is 8.05. The molecule has 0 atom stereocenters. The summed E-state index contributed by atoms with van der Waals surface area (Å²) < 4.78 is 0. The Morgan fingerprint density at radius 2 is 2.17 bits per heavy atom. The molecule has 0 saturated carbocycles. The number of hydrogen-bond acceptors (Lipinski definition) is 2. The molecule has 1 rings (SSSR count). The summed E-state index contributed by atoms with van der Waals surface area (Å²) in [5, 5.41) is 3.38. The first-order valence-electron chi connectivity index (χ1n) is 4.86. The summed E-state index contributed by atoms with van der Waals surface area (Å²) in [6, 6.07) is 0.797. The summed E-state index contributed by atoms with van der Waals surface area (Å²) in [6.45, 7) is 7.27. The summed E-state index contributed by atoms with van der Waals surface area (Å²) in [6.07, 6.45) is 5.71. The van der Waals surface area contributed by atoms with Crippen LogP contribution in [0.3, 0.4) is 0 Å². The minimum Gasteiger partial charge on any atom is -0.317 e. The predicted molar refractivity (Wildman–Crippen MR) is 53.3 cm³/mol. The van der Waals surface area contributed by atoms with Crippen LogP contribution in [-0.2, 0) is 0 Å². The Morgan fingerprint density at radius 1 is 1.50 bits per heavy atom. The maximum atomic E-state index is 3.74. The summed E-state index contributed by atoms with van der Waals surface area (Å²) in [4.78, 5) is 2.46. The van der Waals surface area contributed by atoms with Crippen molar-refractivity contribution in [2.45, 2.75) is 25.3 Å². The largest absolute Gasteiger partial charge is 0.317 e. The Hall–Kier alpha value is -0.340. The highest BCUT2D eigenvalue weighted by atomic mass is 15.1. The third-order valence-electron chi connectivity index (χ3n) is 2.62. The molecule has 0 aromatic rings. The SMILES string of the molecule is C=CCCN(C)C1CCNCC1. The van der Waals surface area contributed by atoms with E-state index in [1.165, 1.54) is 25.9 Å². The molecule has 0 spiro atoms. The lowest BCUT2D eigenvalue weighted by atomic mass is 10.1. The lowest BCUT2D eigenvalue weighted by molar-refractivity contribution is 0.202. The molecule has 1 aliphatic heterocycles. The molecule has 1 aliphatic rings. The van der Waals surface area contributed by atoms with E-state index in [-0.39, 0.29) is 0 Å². The Bertz CT molecular complexity index is 128. The van der Waals surface area contributed by atoms with E-state index in [2.05, 4.69) is 23.8 Å². The van der Waals surface area contributed by atoms with Gasteiger partial charge in [0.25, 0.3) is 0 Å². The van der Waals surface area contributed by atoms with E-state index in [0.29, 0.717) is 0 Å². The highest BCUT2D eigenvalue weighted by molar-refractivity contribution is 4.77. The zero-order valence-corrected chi connectivity index (χ0v) is 8.05. The summed E-state index contributed by atoms with van der Waals surface area (Å²) in [5.74, 6) is 0. The van der Waals surface area contributed by atoms with E-state index in [0.717, 1.165) is 19.0 Å². The van der Waals surface area contributed by atoms with Crippen LogP contribution in [0.4, 0.5) is 0 Å². The lowest BCUT2D eigenvalue weighted by Gasteiger charge is -2.31. The molecule has 0 amide bonds. The third kappa shape index (κ3) is 2.95. The average molecular weight is 168 g/mol. The molecule has 1 N–H and O–H groups in total. The van der Waals surface area contributed by atoms with Gasteiger partial charge in [0, 0.05) is 12.6 Å². The van der Waals surface area contributed by atoms with Gasteiger partial charge in [0.05, 0.1) is 0 Å². The number of hydrogen-bond donors (Lipinski definition) is 1. The fourth-order valence-electron chi connectivity index (χ4n) is 1.72. The number of nitrogens with one attached hydrogen (secondary N) is 1. The fraction of sp³-hybridized carbons (Fsp3) is 0.800. The van der Waals surface area contributed by atoms with E-state index in [1.54, 1.807) is 0 Å². The maximum Gasteiger partial charge on any atom is 0.0116 e. The molecule has 0 aliphatic carbocycles. The molecule has 1 saturated heterocycles. The van der Waals surface area contributed by atoms with Gasteiger partial charge in [-0.05, 0) is 39.4 Å². The predicted octanol–water partition coefficient (Wildman–Crippen LogP) is 1.25. The smallest absolute Gasteiger partial charge is 0.0116 e. The lowest BCUT2D eigenvalue weighted by Crippen LogP contribution is -2.41. The van der Waals surface area contributed by atoms with E-state index < -0.39 is 0 Å². The Labute approximate surface area is 75.6 Å². The summed E-state index contributed by atoms with van der Waals surface area (Å²) in [7, 11) is 2.22. The van der Waals surface area contributed by atoms with Crippen molar-refractivity contribution < 1.29 is 0 Å². The molecule has 0 aromatic carbocycles. The molecule has 0 aromatic heterocycles. The maximum absolute atomic E-state index is 3.74. The number of piperidine rings is 1. The Kier molecular flexibility index (Phi) is 4.33. The molecule has 0 radical (unpaired) electrons. The summed E-state index contributed by atoms with van der Waals surface area (Å²) in [5.41, 5.74) is 0. The molecule has 2 heteroatoms. The van der Waals surface area contributed by atoms with Crippen LogP contribution in [0, 0.1) is 0 Å². The van der Waals surface area contributed by atoms with Crippen molar-refractivity contribution in [2.75, 3.05) is 26.7 Å². The van der Waals surface area contributed by atoms with Crippen molar-refractivity contribution in [2.24, 2.45) is 0 Å². The molecule has 2 nitrogen and oxygen atoms in total. The van der Waals surface area contributed by atoms with Crippen molar-refractivity contribution in [1.29, 1.82) is 0 Å². The first-order valence-corrected chi connectivity index (χ1v) is 4.86. The first kappa shape index (κ1) is 9.75. The molecule has 70 valence electrons. The normalized spacial score (nSPS) is 19.8. The van der Waals surface area contributed by atoms with E-state index >= 15 is 0 Å². The zero-order chi connectivity index (χ0) is 8.81. The average Bonchev–Trinajstić information content (AvgIpc) is 2.15. The minimum absolute atomic E-state index is 0.797. The highest BCUT2D eigenvalue weighted by Gasteiger charge is 2.16. The standard InChI is InChI=1S/C10H20N2/c1-3-4-9-12(2)10-5-7-11-8-6-10/h3,10-11H,1,4-9H2,2H3. The molecule has 1 fully saturated rings. The molecular formula is C10H20N2. The van der Waals surface area contributed by atoms with E-state index in [1.807, 2.05) is 6.08 Å². The minimum atomic E-state index is 0.797. The van der Waals surface area contributed by atoms with Gasteiger partial charge in [0.15, 0.2) is 0 Å². The molecule has 0 bridgehead atoms. The van der Waals surface area contributed by atoms with Gasteiger partial charge in [-0.2, -0.15) is 0 Å². The molecule has 12 heavy (non-hydrogen) atoms. The Morgan fingerprint density at radius 3 is 2.75 bits per heavy atom. The van der Waals surface area contributed by atoms with E-state index in [4.69, 9.17) is 0 Å². The fourth-order valence-corrected chi connectivity index (χ4v) is 1.72.